The molecule has 1 amide bonds. The Labute approximate surface area is 191 Å². The molecule has 0 fully saturated rings. The summed E-state index contributed by atoms with van der Waals surface area (Å²) in [4.78, 5) is 17.7. The molecular weight excluding hydrogens is 412 g/mol. The number of rotatable bonds is 7. The van der Waals surface area contributed by atoms with Gasteiger partial charge in [-0.15, -0.1) is 5.10 Å². The van der Waals surface area contributed by atoms with E-state index >= 15 is 0 Å². The van der Waals surface area contributed by atoms with Gasteiger partial charge in [0.25, 0.3) is 5.91 Å². The number of para-hydroxylation sites is 2. The Kier molecular flexibility index (Phi) is 5.68. The molecule has 0 unspecified atom stereocenters. The van der Waals surface area contributed by atoms with Gasteiger partial charge in [0.15, 0.2) is 5.69 Å². The van der Waals surface area contributed by atoms with Crippen molar-refractivity contribution in [3.63, 3.8) is 0 Å². The van der Waals surface area contributed by atoms with Crippen molar-refractivity contribution in [2.24, 2.45) is 0 Å². The van der Waals surface area contributed by atoms with Crippen LogP contribution in [0.4, 0.5) is 0 Å². The summed E-state index contributed by atoms with van der Waals surface area (Å²) in [6.07, 6.45) is 0. The Morgan fingerprint density at radius 3 is 2.21 bits per heavy atom. The summed E-state index contributed by atoms with van der Waals surface area (Å²) in [6, 6.07) is 28.2. The fourth-order valence-corrected chi connectivity index (χ4v) is 3.92. The van der Waals surface area contributed by atoms with E-state index in [0.29, 0.717) is 25.3 Å². The summed E-state index contributed by atoms with van der Waals surface area (Å²) in [5.74, 6) is 0.535. The maximum Gasteiger partial charge on any atom is 0.274 e. The van der Waals surface area contributed by atoms with Crippen LogP contribution in [-0.4, -0.2) is 30.5 Å². The van der Waals surface area contributed by atoms with Crippen LogP contribution in [0.3, 0.4) is 0 Å². The van der Waals surface area contributed by atoms with E-state index in [1.165, 1.54) is 5.56 Å². The second-order valence-corrected chi connectivity index (χ2v) is 7.94. The van der Waals surface area contributed by atoms with Crippen molar-refractivity contribution in [3.05, 3.63) is 113 Å². The van der Waals surface area contributed by atoms with Crippen LogP contribution in [0, 0.1) is 6.92 Å². The van der Waals surface area contributed by atoms with E-state index in [-0.39, 0.29) is 5.91 Å². The van der Waals surface area contributed by atoms with Crippen LogP contribution in [0.1, 0.15) is 33.1 Å². The molecule has 0 saturated heterocycles. The minimum absolute atomic E-state index is 0.259. The van der Waals surface area contributed by atoms with Gasteiger partial charge in [0.2, 0.25) is 0 Å². The van der Waals surface area contributed by atoms with E-state index in [4.69, 9.17) is 4.98 Å². The Hall–Kier alpha value is -4.26. The van der Waals surface area contributed by atoms with Crippen molar-refractivity contribution in [1.82, 2.24) is 29.9 Å². The highest BCUT2D eigenvalue weighted by molar-refractivity contribution is 5.93. The van der Waals surface area contributed by atoms with Gasteiger partial charge in [-0.3, -0.25) is 4.79 Å². The highest BCUT2D eigenvalue weighted by Crippen LogP contribution is 2.18. The quantitative estimate of drug-likeness (QED) is 0.419. The number of nitrogens with zero attached hydrogens (tertiary/aromatic N) is 5. The molecule has 164 valence electrons. The van der Waals surface area contributed by atoms with Crippen LogP contribution in [0.5, 0.6) is 0 Å². The van der Waals surface area contributed by atoms with Crippen molar-refractivity contribution in [1.29, 1.82) is 0 Å². The summed E-state index contributed by atoms with van der Waals surface area (Å²) in [5.41, 5.74) is 5.28. The van der Waals surface area contributed by atoms with E-state index < -0.39 is 0 Å². The SMILES string of the molecule is Cc1c(C(=O)NCc2nc3ccccc3n2Cc2ccccc2)nnn1Cc1ccccc1. The Morgan fingerprint density at radius 2 is 1.48 bits per heavy atom. The maximum absolute atomic E-state index is 12.9. The minimum atomic E-state index is -0.259. The molecule has 5 rings (SSSR count). The molecule has 0 radical (unpaired) electrons. The molecule has 0 aliphatic heterocycles. The van der Waals surface area contributed by atoms with Gasteiger partial charge in [-0.2, -0.15) is 0 Å². The normalized spacial score (nSPS) is 11.1. The van der Waals surface area contributed by atoms with Crippen LogP contribution in [0.2, 0.25) is 0 Å². The molecule has 0 bridgehead atoms. The number of hydrogen-bond acceptors (Lipinski definition) is 4. The topological polar surface area (TPSA) is 77.6 Å². The third kappa shape index (κ3) is 4.39. The first kappa shape index (κ1) is 20.6. The number of imidazole rings is 1. The Balaban J connectivity index is 1.35. The van der Waals surface area contributed by atoms with Gasteiger partial charge in [0.05, 0.1) is 29.8 Å². The minimum Gasteiger partial charge on any atom is -0.343 e. The lowest BCUT2D eigenvalue weighted by molar-refractivity contribution is 0.0944. The highest BCUT2D eigenvalue weighted by atomic mass is 16.2. The number of benzene rings is 3. The summed E-state index contributed by atoms with van der Waals surface area (Å²) in [7, 11) is 0. The third-order valence-electron chi connectivity index (χ3n) is 5.70. The molecule has 0 aliphatic rings. The molecule has 2 heterocycles. The zero-order chi connectivity index (χ0) is 22.6. The van der Waals surface area contributed by atoms with Gasteiger partial charge in [0.1, 0.15) is 5.82 Å². The molecule has 33 heavy (non-hydrogen) atoms. The van der Waals surface area contributed by atoms with Gasteiger partial charge in [-0.05, 0) is 30.2 Å². The third-order valence-corrected chi connectivity index (χ3v) is 5.70. The summed E-state index contributed by atoms with van der Waals surface area (Å²) < 4.78 is 3.89. The fraction of sp³-hybridized carbons (Fsp3) is 0.154. The van der Waals surface area contributed by atoms with Crippen molar-refractivity contribution in [2.75, 3.05) is 0 Å². The predicted molar refractivity (Wildman–Crippen MR) is 127 cm³/mol. The summed E-state index contributed by atoms with van der Waals surface area (Å²) in [6.45, 7) is 3.41. The number of carbonyl (C=O) groups excluding carboxylic acids is 1. The van der Waals surface area contributed by atoms with Crippen molar-refractivity contribution in [3.8, 4) is 0 Å². The number of carbonyl (C=O) groups is 1. The lowest BCUT2D eigenvalue weighted by atomic mass is 10.2. The lowest BCUT2D eigenvalue weighted by Gasteiger charge is -2.10. The zero-order valence-corrected chi connectivity index (χ0v) is 18.3. The second-order valence-electron chi connectivity index (χ2n) is 7.94. The smallest absolute Gasteiger partial charge is 0.274 e. The number of fused-ring (bicyclic) bond motifs is 1. The van der Waals surface area contributed by atoms with E-state index in [9.17, 15) is 4.79 Å². The standard InChI is InChI=1S/C26H24N6O/c1-19-25(29-30-32(19)18-21-12-6-3-7-13-21)26(33)27-16-24-28-22-14-8-9-15-23(22)31(24)17-20-10-4-2-5-11-20/h2-15H,16-18H2,1H3,(H,27,33). The fourth-order valence-electron chi connectivity index (χ4n) is 3.92. The van der Waals surface area contributed by atoms with Crippen molar-refractivity contribution >= 4 is 16.9 Å². The van der Waals surface area contributed by atoms with Gasteiger partial charge < -0.3 is 9.88 Å². The molecule has 0 spiro atoms. The maximum atomic E-state index is 12.9. The van der Waals surface area contributed by atoms with Crippen LogP contribution in [0.25, 0.3) is 11.0 Å². The van der Waals surface area contributed by atoms with Crippen LogP contribution in [-0.2, 0) is 19.6 Å². The number of amides is 1. The first-order valence-corrected chi connectivity index (χ1v) is 10.9. The zero-order valence-electron chi connectivity index (χ0n) is 18.3. The average Bonchev–Trinajstić information content (AvgIpc) is 3.39. The Bertz CT molecular complexity index is 1390. The monoisotopic (exact) mass is 436 g/mol. The molecular formula is C26H24N6O. The first-order valence-electron chi connectivity index (χ1n) is 10.9. The predicted octanol–water partition coefficient (Wildman–Crippen LogP) is 3.96. The van der Waals surface area contributed by atoms with E-state index in [1.54, 1.807) is 4.68 Å². The highest BCUT2D eigenvalue weighted by Gasteiger charge is 2.18. The molecule has 0 aliphatic carbocycles. The molecule has 0 saturated carbocycles. The van der Waals surface area contributed by atoms with Crippen molar-refractivity contribution < 1.29 is 4.79 Å². The number of aromatic nitrogens is 5. The van der Waals surface area contributed by atoms with Crippen LogP contribution >= 0.6 is 0 Å². The van der Waals surface area contributed by atoms with Crippen molar-refractivity contribution in [2.45, 2.75) is 26.6 Å². The van der Waals surface area contributed by atoms with Gasteiger partial charge in [0, 0.05) is 6.54 Å². The van der Waals surface area contributed by atoms with Gasteiger partial charge >= 0.3 is 0 Å². The Morgan fingerprint density at radius 1 is 0.848 bits per heavy atom. The summed E-state index contributed by atoms with van der Waals surface area (Å²) >= 11 is 0. The molecule has 2 aromatic heterocycles. The number of hydrogen-bond donors (Lipinski definition) is 1. The largest absolute Gasteiger partial charge is 0.343 e. The van der Waals surface area contributed by atoms with E-state index in [0.717, 1.165) is 28.1 Å². The first-order chi connectivity index (χ1) is 16.2. The lowest BCUT2D eigenvalue weighted by Crippen LogP contribution is -2.26. The molecule has 7 heteroatoms. The van der Waals surface area contributed by atoms with Crippen LogP contribution in [0.15, 0.2) is 84.9 Å². The van der Waals surface area contributed by atoms with Crippen LogP contribution < -0.4 is 5.32 Å². The molecule has 3 aromatic carbocycles. The molecule has 7 nitrogen and oxygen atoms in total. The molecule has 5 aromatic rings. The number of nitrogens with one attached hydrogen (secondary N) is 1. The summed E-state index contributed by atoms with van der Waals surface area (Å²) in [5, 5.41) is 11.3. The van der Waals surface area contributed by atoms with Gasteiger partial charge in [-0.25, -0.2) is 9.67 Å². The van der Waals surface area contributed by atoms with E-state index in [1.807, 2.05) is 73.7 Å². The average molecular weight is 437 g/mol. The van der Waals surface area contributed by atoms with E-state index in [2.05, 4.69) is 38.4 Å². The second kappa shape index (κ2) is 9.08. The molecule has 0 atom stereocenters. The van der Waals surface area contributed by atoms with Gasteiger partial charge in [-0.1, -0.05) is 78.0 Å². The molecule has 1 N–H and O–H groups in total.